The first-order chi connectivity index (χ1) is 21.8. The summed E-state index contributed by atoms with van der Waals surface area (Å²) in [5.74, 6) is 3.59. The van der Waals surface area contributed by atoms with Gasteiger partial charge in [0.2, 0.25) is 0 Å². The number of carbonyl (C=O) groups is 1. The number of likely N-dealkylation sites (N-methyl/N-ethyl adjacent to an activating group) is 1. The Bertz CT molecular complexity index is 1210. The quantitative estimate of drug-likeness (QED) is 0.112. The first kappa shape index (κ1) is 36.1. The van der Waals surface area contributed by atoms with Crippen molar-refractivity contribution >= 4 is 17.6 Å². The second-order valence-corrected chi connectivity index (χ2v) is 12.9. The summed E-state index contributed by atoms with van der Waals surface area (Å²) < 4.78 is 0. The van der Waals surface area contributed by atoms with Crippen LogP contribution in [-0.4, -0.2) is 73.3 Å². The number of hydrogen-bond acceptors (Lipinski definition) is 7. The van der Waals surface area contributed by atoms with Crippen LogP contribution in [0.4, 0.5) is 0 Å². The van der Waals surface area contributed by atoms with Crippen LogP contribution in [0.3, 0.4) is 0 Å². The molecule has 2 N–H and O–H groups in total. The lowest BCUT2D eigenvalue weighted by Gasteiger charge is -2.44. The molecule has 1 saturated carbocycles. The summed E-state index contributed by atoms with van der Waals surface area (Å²) in [4.78, 5) is 32.5. The van der Waals surface area contributed by atoms with Crippen LogP contribution in [0.2, 0.25) is 0 Å². The van der Waals surface area contributed by atoms with Crippen molar-refractivity contribution in [3.8, 4) is 0 Å². The van der Waals surface area contributed by atoms with E-state index in [1.165, 1.54) is 38.5 Å². The maximum Gasteiger partial charge on any atom is 0.266 e. The largest absolute Gasteiger partial charge is 0.393 e. The van der Waals surface area contributed by atoms with Gasteiger partial charge >= 0.3 is 0 Å². The number of fused-ring (bicyclic) bond motifs is 1. The average Bonchev–Trinajstić information content (AvgIpc) is 3.19. The van der Waals surface area contributed by atoms with E-state index in [1.54, 1.807) is 27.8 Å². The van der Waals surface area contributed by atoms with E-state index in [-0.39, 0.29) is 11.9 Å². The van der Waals surface area contributed by atoms with E-state index in [0.717, 1.165) is 61.3 Å². The van der Waals surface area contributed by atoms with Crippen molar-refractivity contribution in [1.29, 1.82) is 0 Å². The van der Waals surface area contributed by atoms with E-state index < -0.39 is 0 Å². The van der Waals surface area contributed by atoms with E-state index in [0.29, 0.717) is 30.9 Å². The molecule has 0 saturated heterocycles. The summed E-state index contributed by atoms with van der Waals surface area (Å²) in [5.41, 5.74) is 5.02. The lowest BCUT2D eigenvalue weighted by molar-refractivity contribution is -0.142. The van der Waals surface area contributed by atoms with Crippen LogP contribution in [-0.2, 0) is 9.59 Å². The van der Waals surface area contributed by atoms with Crippen molar-refractivity contribution < 1.29 is 9.59 Å². The van der Waals surface area contributed by atoms with Crippen LogP contribution >= 0.6 is 0 Å². The molecule has 0 bridgehead atoms. The van der Waals surface area contributed by atoms with Crippen LogP contribution in [0.1, 0.15) is 104 Å². The average molecular weight is 619 g/mol. The minimum Gasteiger partial charge on any atom is -0.393 e. The van der Waals surface area contributed by atoms with Crippen LogP contribution < -0.4 is 10.6 Å². The fraction of sp³-hybridized carbons (Fsp3) is 0.622. The molecule has 1 unspecified atom stereocenters. The fourth-order valence-corrected chi connectivity index (χ4v) is 6.76. The van der Waals surface area contributed by atoms with Crippen LogP contribution in [0, 0.1) is 5.92 Å². The summed E-state index contributed by atoms with van der Waals surface area (Å²) >= 11 is 0. The molecule has 8 nitrogen and oxygen atoms in total. The molecule has 2 aliphatic heterocycles. The number of allylic oxidation sites excluding steroid dienone is 5. The van der Waals surface area contributed by atoms with Gasteiger partial charge in [0.05, 0.1) is 0 Å². The van der Waals surface area contributed by atoms with Crippen molar-refractivity contribution in [3.05, 3.63) is 64.9 Å². The molecule has 45 heavy (non-hydrogen) atoms. The lowest BCUT2D eigenvalue weighted by Crippen LogP contribution is -2.54. The van der Waals surface area contributed by atoms with Gasteiger partial charge in [0.25, 0.3) is 5.91 Å². The van der Waals surface area contributed by atoms with Crippen LogP contribution in [0.25, 0.3) is 0 Å². The van der Waals surface area contributed by atoms with E-state index in [4.69, 9.17) is 0 Å². The van der Waals surface area contributed by atoms with Gasteiger partial charge in [-0.3, -0.25) is 9.79 Å². The first-order valence-electron chi connectivity index (χ1n) is 17.2. The molecule has 8 heteroatoms. The van der Waals surface area contributed by atoms with Gasteiger partial charge < -0.3 is 15.5 Å². The highest BCUT2D eigenvalue weighted by Crippen LogP contribution is 2.34. The maximum atomic E-state index is 13.8. The Morgan fingerprint density at radius 3 is 2.62 bits per heavy atom. The Morgan fingerprint density at radius 1 is 1.18 bits per heavy atom. The van der Waals surface area contributed by atoms with Gasteiger partial charge in [0.15, 0.2) is 5.94 Å². The third kappa shape index (κ3) is 10.9. The maximum absolute atomic E-state index is 13.8. The highest BCUT2D eigenvalue weighted by Gasteiger charge is 2.38. The Morgan fingerprint density at radius 2 is 1.96 bits per heavy atom. The number of hydrogen-bond donors (Lipinski definition) is 2. The highest BCUT2D eigenvalue weighted by atomic mass is 16.2. The SMILES string of the molecule is CC/C=C(\C/C=C\CC1=CC(=O)N2C(=C(C(=C=O)N(C)C)CC(CC/C(CCC)=N\C=C/NC)N2C)NC1)CC1CCCCC1. The number of nitrogens with one attached hydrogen (secondary N) is 2. The molecule has 0 spiro atoms. The Balaban J connectivity index is 1.77. The molecule has 3 rings (SSSR count). The third-order valence-corrected chi connectivity index (χ3v) is 9.13. The zero-order valence-electron chi connectivity index (χ0n) is 28.8. The molecular formula is C37H58N6O2. The van der Waals surface area contributed by atoms with Gasteiger partial charge in [0.1, 0.15) is 11.5 Å². The van der Waals surface area contributed by atoms with Gasteiger partial charge in [0, 0.05) is 70.5 Å². The molecule has 0 aromatic carbocycles. The number of aliphatic imine (C=N–C) groups is 1. The number of rotatable bonds is 16. The van der Waals surface area contributed by atoms with E-state index in [1.807, 2.05) is 39.4 Å². The Kier molecular flexibility index (Phi) is 15.4. The van der Waals surface area contributed by atoms with Crippen molar-refractivity contribution in [2.75, 3.05) is 34.7 Å². The van der Waals surface area contributed by atoms with Crippen molar-refractivity contribution in [1.82, 2.24) is 25.6 Å². The molecule has 0 aromatic heterocycles. The monoisotopic (exact) mass is 618 g/mol. The number of hydrazine groups is 1. The molecule has 1 fully saturated rings. The van der Waals surface area contributed by atoms with Gasteiger partial charge in [-0.15, -0.1) is 0 Å². The topological polar surface area (TPSA) is 80.3 Å². The summed E-state index contributed by atoms with van der Waals surface area (Å²) in [6.07, 6.45) is 27.4. The molecule has 0 radical (unpaired) electrons. The van der Waals surface area contributed by atoms with E-state index >= 15 is 0 Å². The van der Waals surface area contributed by atoms with Gasteiger partial charge in [-0.1, -0.05) is 76.2 Å². The molecule has 1 amide bonds. The standard InChI is InChI=1S/C37H58N6O2/c1-7-14-29(24-30-16-10-9-11-17-30)18-12-13-19-31-25-36(45)43-37(40-27-31)34(35(28-44)41(4)5)26-33(42(43)6)21-20-32(15-8-2)39-23-22-38-3/h12-14,22-23,25,30,33,38,40H,7-11,15-21,24,26-27H2,1-6H3/b13-12-,23-22-,29-14+,39-32-. The fourth-order valence-electron chi connectivity index (χ4n) is 6.76. The van der Waals surface area contributed by atoms with Gasteiger partial charge in [-0.25, -0.2) is 14.8 Å². The summed E-state index contributed by atoms with van der Waals surface area (Å²) in [5, 5.41) is 10.3. The van der Waals surface area contributed by atoms with E-state index in [2.05, 4.69) is 53.6 Å². The molecular weight excluding hydrogens is 560 g/mol. The van der Waals surface area contributed by atoms with Crippen molar-refractivity contribution in [2.45, 2.75) is 110 Å². The summed E-state index contributed by atoms with van der Waals surface area (Å²) in [6, 6.07) is 0.0240. The zero-order valence-corrected chi connectivity index (χ0v) is 28.8. The lowest BCUT2D eigenvalue weighted by atomic mass is 9.84. The Labute approximate surface area is 272 Å². The Hall–Kier alpha value is -3.35. The first-order valence-corrected chi connectivity index (χ1v) is 17.2. The highest BCUT2D eigenvalue weighted by molar-refractivity contribution is 5.90. The second kappa shape index (κ2) is 19.2. The van der Waals surface area contributed by atoms with Crippen molar-refractivity contribution in [3.63, 3.8) is 0 Å². The minimum absolute atomic E-state index is 0.0240. The van der Waals surface area contributed by atoms with Gasteiger partial charge in [-0.2, -0.15) is 0 Å². The third-order valence-electron chi connectivity index (χ3n) is 9.13. The molecule has 3 aliphatic rings. The molecule has 1 aliphatic carbocycles. The molecule has 248 valence electrons. The molecule has 0 aromatic rings. The minimum atomic E-state index is -0.0876. The van der Waals surface area contributed by atoms with Crippen LogP contribution in [0.5, 0.6) is 0 Å². The summed E-state index contributed by atoms with van der Waals surface area (Å²) in [6.45, 7) is 4.93. The predicted molar refractivity (Wildman–Crippen MR) is 187 cm³/mol. The summed E-state index contributed by atoms with van der Waals surface area (Å²) in [7, 11) is 7.55. The molecule has 1 atom stereocenters. The predicted octanol–water partition coefficient (Wildman–Crippen LogP) is 6.81. The zero-order chi connectivity index (χ0) is 32.6. The van der Waals surface area contributed by atoms with Gasteiger partial charge in [-0.05, 0) is 62.9 Å². The number of amides is 1. The van der Waals surface area contributed by atoms with Crippen molar-refractivity contribution in [2.24, 2.45) is 10.9 Å². The second-order valence-electron chi connectivity index (χ2n) is 12.9. The number of nitrogens with zero attached hydrogens (tertiary/aromatic N) is 4. The molecule has 2 heterocycles. The number of carbonyl (C=O) groups excluding carboxylic acids is 2. The smallest absolute Gasteiger partial charge is 0.266 e. The van der Waals surface area contributed by atoms with E-state index in [9.17, 15) is 9.59 Å². The normalized spacial score (nSPS) is 20.7. The van der Waals surface area contributed by atoms with Crippen LogP contribution in [0.15, 0.2) is 69.9 Å².